The van der Waals surface area contributed by atoms with Gasteiger partial charge in [0.2, 0.25) is 11.8 Å². The van der Waals surface area contributed by atoms with Crippen molar-refractivity contribution in [3.8, 4) is 0 Å². The van der Waals surface area contributed by atoms with Gasteiger partial charge in [0, 0.05) is 30.8 Å². The highest BCUT2D eigenvalue weighted by Gasteiger charge is 2.44. The molecule has 5 N–H and O–H groups in total. The summed E-state index contributed by atoms with van der Waals surface area (Å²) < 4.78 is 4.64. The lowest BCUT2D eigenvalue weighted by Crippen LogP contribution is -2.60. The maximum atomic E-state index is 13.7. The van der Waals surface area contributed by atoms with Crippen molar-refractivity contribution in [1.82, 2.24) is 15.5 Å². The van der Waals surface area contributed by atoms with Crippen molar-refractivity contribution in [2.45, 2.75) is 115 Å². The number of carbonyl (C=O) groups is 4. The summed E-state index contributed by atoms with van der Waals surface area (Å²) >= 11 is 1.63. The number of rotatable bonds is 10. The van der Waals surface area contributed by atoms with Gasteiger partial charge in [-0.05, 0) is 70.0 Å². The number of ether oxygens (including phenoxy) is 1. The highest BCUT2D eigenvalue weighted by Crippen LogP contribution is 2.34. The van der Waals surface area contributed by atoms with Gasteiger partial charge in [0.15, 0.2) is 0 Å². The number of nitrogens with one attached hydrogen (secondary N) is 2. The van der Waals surface area contributed by atoms with E-state index in [1.807, 2.05) is 20.8 Å². The molecule has 1 aliphatic carbocycles. The lowest BCUT2D eigenvalue weighted by Gasteiger charge is -2.38. The zero-order valence-electron chi connectivity index (χ0n) is 23.4. The Morgan fingerprint density at radius 3 is 2.27 bits per heavy atom. The highest BCUT2D eigenvalue weighted by atomic mass is 32.2. The third kappa shape index (κ3) is 11.9. The van der Waals surface area contributed by atoms with Crippen LogP contribution < -0.4 is 16.4 Å². The molecular weight excluding hydrogens is 496 g/mol. The molecule has 214 valence electrons. The van der Waals surface area contributed by atoms with Gasteiger partial charge >= 0.3 is 6.09 Å². The minimum absolute atomic E-state index is 0.0997. The number of carboxylic acids is 1. The van der Waals surface area contributed by atoms with Gasteiger partial charge in [-0.2, -0.15) is 11.8 Å². The molecule has 3 amide bonds. The van der Waals surface area contributed by atoms with Crippen LogP contribution in [0.25, 0.3) is 0 Å². The van der Waals surface area contributed by atoms with Gasteiger partial charge in [-0.15, -0.1) is 0 Å². The second kappa shape index (κ2) is 16.1. The first-order valence-corrected chi connectivity index (χ1v) is 14.3. The number of likely N-dealkylation sites (tertiary alicyclic amines) is 1. The molecule has 37 heavy (non-hydrogen) atoms. The van der Waals surface area contributed by atoms with E-state index >= 15 is 0 Å². The Labute approximate surface area is 226 Å². The Kier molecular flexibility index (Phi) is 14.3. The van der Waals surface area contributed by atoms with Crippen molar-refractivity contribution in [1.29, 1.82) is 0 Å². The minimum atomic E-state index is -0.833. The first-order chi connectivity index (χ1) is 17.3. The van der Waals surface area contributed by atoms with Crippen molar-refractivity contribution < 1.29 is 29.0 Å². The second-order valence-electron chi connectivity index (χ2n) is 10.7. The van der Waals surface area contributed by atoms with E-state index in [-0.39, 0.29) is 23.1 Å². The van der Waals surface area contributed by atoms with E-state index in [1.54, 1.807) is 16.7 Å². The molecule has 1 heterocycles. The van der Waals surface area contributed by atoms with Crippen LogP contribution in [0.2, 0.25) is 0 Å². The third-order valence-corrected chi connectivity index (χ3v) is 7.79. The summed E-state index contributed by atoms with van der Waals surface area (Å²) in [7, 11) is 0. The summed E-state index contributed by atoms with van der Waals surface area (Å²) in [6, 6.07) is -1.01. The van der Waals surface area contributed by atoms with Crippen LogP contribution in [0, 0.1) is 5.92 Å². The molecule has 0 radical (unpaired) electrons. The molecule has 0 unspecified atom stereocenters. The molecule has 0 aromatic heterocycles. The predicted molar refractivity (Wildman–Crippen MR) is 146 cm³/mol. The summed E-state index contributed by atoms with van der Waals surface area (Å²) in [5.74, 6) is -0.705. The molecule has 2 rings (SSSR count). The van der Waals surface area contributed by atoms with Crippen LogP contribution in [0.1, 0.15) is 86.5 Å². The molecular formula is C26H48N4O6S. The standard InChI is InChI=1S/C24H44N4O4S.C2H4O2/c1-6-14-32-23(31)27-20(24(4,5)33-16(2)3)22(30)28-13-7-8-19(28)21(29)26-15-17-9-11-18(25)12-10-17;1-2(3)4/h16-20H,6-15,25H2,1-5H3,(H,26,29)(H,27,31);1H3,(H,3,4)/t17?,18?,19-,20-;/m0./s1. The number of hydrogen-bond acceptors (Lipinski definition) is 7. The average molecular weight is 545 g/mol. The van der Waals surface area contributed by atoms with Gasteiger partial charge in [0.05, 0.1) is 6.61 Å². The molecule has 1 aliphatic heterocycles. The van der Waals surface area contributed by atoms with Crippen molar-refractivity contribution >= 4 is 35.6 Å². The topological polar surface area (TPSA) is 151 Å². The van der Waals surface area contributed by atoms with Crippen LogP contribution in [0.4, 0.5) is 4.79 Å². The van der Waals surface area contributed by atoms with Gasteiger partial charge in [0.1, 0.15) is 12.1 Å². The molecule has 2 atom stereocenters. The molecule has 1 saturated carbocycles. The van der Waals surface area contributed by atoms with E-state index in [1.165, 1.54) is 0 Å². The zero-order chi connectivity index (χ0) is 28.2. The first kappa shape index (κ1) is 33.0. The SMILES string of the molecule is CC(=O)O.CCCOC(=O)N[C@@H](C(=O)N1CCC[C@H]1C(=O)NCC1CCC(N)CC1)C(C)(C)SC(C)C. The second-order valence-corrected chi connectivity index (χ2v) is 12.9. The summed E-state index contributed by atoms with van der Waals surface area (Å²) in [5, 5.41) is 13.6. The van der Waals surface area contributed by atoms with Crippen molar-refractivity contribution in [2.24, 2.45) is 11.7 Å². The van der Waals surface area contributed by atoms with E-state index in [4.69, 9.17) is 20.4 Å². The quantitative estimate of drug-likeness (QED) is 0.327. The number of amides is 3. The Morgan fingerprint density at radius 1 is 1.14 bits per heavy atom. The third-order valence-electron chi connectivity index (χ3n) is 6.48. The van der Waals surface area contributed by atoms with Crippen molar-refractivity contribution in [3.05, 3.63) is 0 Å². The van der Waals surface area contributed by atoms with Gasteiger partial charge in [-0.3, -0.25) is 14.4 Å². The molecule has 2 fully saturated rings. The number of nitrogens with zero attached hydrogens (tertiary/aromatic N) is 1. The van der Waals surface area contributed by atoms with Gasteiger partial charge in [0.25, 0.3) is 5.97 Å². The lowest BCUT2D eigenvalue weighted by molar-refractivity contribution is -0.140. The summed E-state index contributed by atoms with van der Waals surface area (Å²) in [6.07, 6.45) is 5.57. The number of thioether (sulfide) groups is 1. The molecule has 2 aliphatic rings. The van der Waals surface area contributed by atoms with Crippen LogP contribution in [0.5, 0.6) is 0 Å². The molecule has 10 nitrogen and oxygen atoms in total. The van der Waals surface area contributed by atoms with Crippen LogP contribution in [0.15, 0.2) is 0 Å². The van der Waals surface area contributed by atoms with Crippen LogP contribution in [-0.2, 0) is 19.1 Å². The van der Waals surface area contributed by atoms with E-state index < -0.39 is 28.9 Å². The van der Waals surface area contributed by atoms with Crippen LogP contribution >= 0.6 is 11.8 Å². The maximum Gasteiger partial charge on any atom is 0.407 e. The molecule has 0 aromatic rings. The normalized spacial score (nSPS) is 22.5. The lowest BCUT2D eigenvalue weighted by atomic mass is 9.86. The van der Waals surface area contributed by atoms with Crippen molar-refractivity contribution in [3.63, 3.8) is 0 Å². The largest absolute Gasteiger partial charge is 0.481 e. The Balaban J connectivity index is 0.00000159. The molecule has 0 bridgehead atoms. The number of aliphatic carboxylic acids is 1. The van der Waals surface area contributed by atoms with Crippen LogP contribution in [0.3, 0.4) is 0 Å². The fourth-order valence-corrected chi connectivity index (χ4v) is 6.30. The Hall–Kier alpha value is -2.01. The summed E-state index contributed by atoms with van der Waals surface area (Å²) in [6.45, 7) is 12.5. The van der Waals surface area contributed by atoms with Crippen molar-refractivity contribution in [2.75, 3.05) is 19.7 Å². The monoisotopic (exact) mass is 544 g/mol. The van der Waals surface area contributed by atoms with E-state index in [9.17, 15) is 14.4 Å². The molecule has 0 aromatic carbocycles. The molecule has 1 saturated heterocycles. The first-order valence-electron chi connectivity index (χ1n) is 13.4. The highest BCUT2D eigenvalue weighted by molar-refractivity contribution is 8.01. The summed E-state index contributed by atoms with van der Waals surface area (Å²) in [4.78, 5) is 49.8. The van der Waals surface area contributed by atoms with E-state index in [2.05, 4.69) is 24.5 Å². The summed E-state index contributed by atoms with van der Waals surface area (Å²) in [5.41, 5.74) is 5.99. The average Bonchev–Trinajstić information content (AvgIpc) is 3.29. The molecule has 11 heteroatoms. The van der Waals surface area contributed by atoms with Gasteiger partial charge in [-0.1, -0.05) is 20.8 Å². The minimum Gasteiger partial charge on any atom is -0.481 e. The molecule has 0 spiro atoms. The van der Waals surface area contributed by atoms with E-state index in [0.717, 1.165) is 39.0 Å². The number of hydrogen-bond donors (Lipinski definition) is 4. The Bertz CT molecular complexity index is 751. The zero-order valence-corrected chi connectivity index (χ0v) is 24.2. The number of carbonyl (C=O) groups excluding carboxylic acids is 3. The number of nitrogens with two attached hydrogens (primary N) is 1. The fourth-order valence-electron chi connectivity index (χ4n) is 4.79. The van der Waals surface area contributed by atoms with E-state index in [0.29, 0.717) is 38.5 Å². The van der Waals surface area contributed by atoms with Gasteiger partial charge in [-0.25, -0.2) is 4.79 Å². The fraction of sp³-hybridized carbons (Fsp3) is 0.846. The van der Waals surface area contributed by atoms with Crippen LogP contribution in [-0.4, -0.2) is 81.7 Å². The Morgan fingerprint density at radius 2 is 1.73 bits per heavy atom. The number of carboxylic acid groups (broad SMARTS) is 1. The number of alkyl carbamates (subject to hydrolysis) is 1. The maximum absolute atomic E-state index is 13.7. The van der Waals surface area contributed by atoms with Gasteiger partial charge < -0.3 is 31.1 Å². The smallest absolute Gasteiger partial charge is 0.407 e. The predicted octanol–water partition coefficient (Wildman–Crippen LogP) is 3.13.